The maximum absolute atomic E-state index is 5.87. The van der Waals surface area contributed by atoms with Crippen LogP contribution in [0.3, 0.4) is 0 Å². The van der Waals surface area contributed by atoms with Gasteiger partial charge in [-0.25, -0.2) is 0 Å². The second-order valence-electron chi connectivity index (χ2n) is 3.94. The molecule has 0 aliphatic carbocycles. The van der Waals surface area contributed by atoms with Crippen LogP contribution >= 0.6 is 12.6 Å². The quantitative estimate of drug-likeness (QED) is 0.439. The topological polar surface area (TPSA) is 38.0 Å². The molecule has 0 aliphatic heterocycles. The number of anilines is 2. The third-order valence-electron chi connectivity index (χ3n) is 2.55. The van der Waals surface area contributed by atoms with Crippen LogP contribution in [0, 0.1) is 0 Å². The van der Waals surface area contributed by atoms with Crippen molar-refractivity contribution >= 4 is 24.0 Å². The zero-order valence-corrected chi connectivity index (χ0v) is 10.4. The molecule has 3 N–H and O–H groups in total. The molecule has 1 atom stereocenters. The molecule has 88 valence electrons. The van der Waals surface area contributed by atoms with E-state index in [9.17, 15) is 0 Å². The minimum atomic E-state index is 0.0575. The lowest BCUT2D eigenvalue weighted by Crippen LogP contribution is -2.16. The number of rotatable bonds is 4. The van der Waals surface area contributed by atoms with E-state index >= 15 is 0 Å². The van der Waals surface area contributed by atoms with E-state index in [0.29, 0.717) is 0 Å². The van der Waals surface area contributed by atoms with E-state index in [4.69, 9.17) is 5.73 Å². The van der Waals surface area contributed by atoms with Gasteiger partial charge in [-0.3, -0.25) is 0 Å². The van der Waals surface area contributed by atoms with Crippen LogP contribution < -0.4 is 11.1 Å². The van der Waals surface area contributed by atoms with Crippen LogP contribution in [0.2, 0.25) is 0 Å². The number of nitrogens with one attached hydrogen (secondary N) is 1. The van der Waals surface area contributed by atoms with Gasteiger partial charge >= 0.3 is 0 Å². The maximum Gasteiger partial charge on any atom is 0.0734 e. The Morgan fingerprint density at radius 1 is 1.00 bits per heavy atom. The molecule has 0 heterocycles. The van der Waals surface area contributed by atoms with E-state index in [1.54, 1.807) is 0 Å². The first kappa shape index (κ1) is 11.9. The van der Waals surface area contributed by atoms with Crippen molar-refractivity contribution < 1.29 is 0 Å². The molecule has 17 heavy (non-hydrogen) atoms. The molecule has 0 saturated heterocycles. The van der Waals surface area contributed by atoms with Gasteiger partial charge in [-0.2, -0.15) is 12.6 Å². The number of hydrogen-bond donors (Lipinski definition) is 3. The van der Waals surface area contributed by atoms with Gasteiger partial charge in [-0.1, -0.05) is 42.5 Å². The fourth-order valence-electron chi connectivity index (χ4n) is 1.70. The molecule has 0 saturated carbocycles. The van der Waals surface area contributed by atoms with Crippen molar-refractivity contribution in [1.29, 1.82) is 0 Å². The van der Waals surface area contributed by atoms with Gasteiger partial charge in [-0.05, 0) is 17.7 Å². The molecule has 1 unspecified atom stereocenters. The Hall–Kier alpha value is -1.61. The van der Waals surface area contributed by atoms with Gasteiger partial charge in [0, 0.05) is 6.42 Å². The number of para-hydroxylation sites is 2. The Kier molecular flexibility index (Phi) is 3.94. The fraction of sp³-hybridized carbons (Fsp3) is 0.143. The first-order chi connectivity index (χ1) is 8.25. The summed E-state index contributed by atoms with van der Waals surface area (Å²) in [5, 5.41) is 3.36. The molecule has 0 aliphatic rings. The van der Waals surface area contributed by atoms with Crippen molar-refractivity contribution in [2.75, 3.05) is 11.1 Å². The molecule has 2 aromatic carbocycles. The lowest BCUT2D eigenvalue weighted by molar-refractivity contribution is 0.964. The van der Waals surface area contributed by atoms with E-state index < -0.39 is 0 Å². The molecule has 3 heteroatoms. The first-order valence-electron chi connectivity index (χ1n) is 5.59. The standard InChI is InChI=1S/C14H16N2S/c15-12-8-4-5-9-13(12)16-14(17)10-11-6-2-1-3-7-11/h1-9,14,16-17H,10,15H2. The van der Waals surface area contributed by atoms with Gasteiger partial charge in [0.2, 0.25) is 0 Å². The number of hydrogen-bond acceptors (Lipinski definition) is 3. The number of benzene rings is 2. The molecule has 2 nitrogen and oxygen atoms in total. The van der Waals surface area contributed by atoms with Crippen LogP contribution in [0.1, 0.15) is 5.56 Å². The van der Waals surface area contributed by atoms with E-state index in [1.807, 2.05) is 42.5 Å². The average Bonchev–Trinajstić information content (AvgIpc) is 2.33. The molecule has 0 spiro atoms. The van der Waals surface area contributed by atoms with Crippen molar-refractivity contribution in [2.45, 2.75) is 11.8 Å². The minimum Gasteiger partial charge on any atom is -0.397 e. The fourth-order valence-corrected chi connectivity index (χ4v) is 2.05. The minimum absolute atomic E-state index is 0.0575. The normalized spacial score (nSPS) is 12.1. The molecule has 2 rings (SSSR count). The van der Waals surface area contributed by atoms with Crippen molar-refractivity contribution in [1.82, 2.24) is 0 Å². The second-order valence-corrected chi connectivity index (χ2v) is 4.56. The number of nitrogen functional groups attached to an aromatic ring is 1. The summed E-state index contributed by atoms with van der Waals surface area (Å²) >= 11 is 4.53. The van der Waals surface area contributed by atoms with Crippen LogP contribution in [0.4, 0.5) is 11.4 Å². The first-order valence-corrected chi connectivity index (χ1v) is 6.10. The molecular formula is C14H16N2S. The van der Waals surface area contributed by atoms with E-state index in [-0.39, 0.29) is 5.37 Å². The molecule has 0 aromatic heterocycles. The van der Waals surface area contributed by atoms with Crippen molar-refractivity contribution in [2.24, 2.45) is 0 Å². The van der Waals surface area contributed by atoms with Gasteiger partial charge < -0.3 is 11.1 Å². The molecule has 0 amide bonds. The SMILES string of the molecule is Nc1ccccc1NC(S)Cc1ccccc1. The Balaban J connectivity index is 1.98. The summed E-state index contributed by atoms with van der Waals surface area (Å²) in [4.78, 5) is 0. The van der Waals surface area contributed by atoms with Gasteiger partial charge in [-0.15, -0.1) is 0 Å². The average molecular weight is 244 g/mol. The summed E-state index contributed by atoms with van der Waals surface area (Å²) in [7, 11) is 0. The highest BCUT2D eigenvalue weighted by atomic mass is 32.1. The third-order valence-corrected chi connectivity index (χ3v) is 2.87. The summed E-state index contributed by atoms with van der Waals surface area (Å²) in [6.07, 6.45) is 0.859. The zero-order chi connectivity index (χ0) is 12.1. The summed E-state index contributed by atoms with van der Waals surface area (Å²) in [5.41, 5.74) is 8.81. The highest BCUT2D eigenvalue weighted by molar-refractivity contribution is 7.81. The predicted molar refractivity (Wildman–Crippen MR) is 77.4 cm³/mol. The summed E-state index contributed by atoms with van der Waals surface area (Å²) in [6, 6.07) is 18.0. The maximum atomic E-state index is 5.87. The van der Waals surface area contributed by atoms with Gasteiger partial charge in [0.25, 0.3) is 0 Å². The lowest BCUT2D eigenvalue weighted by atomic mass is 10.1. The van der Waals surface area contributed by atoms with Crippen LogP contribution in [0.25, 0.3) is 0 Å². The van der Waals surface area contributed by atoms with Gasteiger partial charge in [0.1, 0.15) is 0 Å². The smallest absolute Gasteiger partial charge is 0.0734 e. The third kappa shape index (κ3) is 3.43. The monoisotopic (exact) mass is 244 g/mol. The van der Waals surface area contributed by atoms with Crippen LogP contribution in [0.15, 0.2) is 54.6 Å². The summed E-state index contributed by atoms with van der Waals surface area (Å²) in [5.74, 6) is 0. The highest BCUT2D eigenvalue weighted by Gasteiger charge is 2.05. The molecule has 2 aromatic rings. The second kappa shape index (κ2) is 5.64. The van der Waals surface area contributed by atoms with Crippen LogP contribution in [0.5, 0.6) is 0 Å². The Labute approximate surface area is 107 Å². The van der Waals surface area contributed by atoms with E-state index in [2.05, 4.69) is 30.1 Å². The number of thiol groups is 1. The van der Waals surface area contributed by atoms with E-state index in [0.717, 1.165) is 17.8 Å². The Morgan fingerprint density at radius 2 is 1.65 bits per heavy atom. The van der Waals surface area contributed by atoms with Gasteiger partial charge in [0.15, 0.2) is 0 Å². The summed E-state index contributed by atoms with van der Waals surface area (Å²) in [6.45, 7) is 0. The summed E-state index contributed by atoms with van der Waals surface area (Å²) < 4.78 is 0. The van der Waals surface area contributed by atoms with Crippen LogP contribution in [-0.4, -0.2) is 5.37 Å². The largest absolute Gasteiger partial charge is 0.397 e. The zero-order valence-electron chi connectivity index (χ0n) is 9.51. The van der Waals surface area contributed by atoms with Crippen molar-refractivity contribution in [3.8, 4) is 0 Å². The molecule has 0 fully saturated rings. The Bertz CT molecular complexity index is 471. The Morgan fingerprint density at radius 3 is 2.35 bits per heavy atom. The van der Waals surface area contributed by atoms with E-state index in [1.165, 1.54) is 5.56 Å². The van der Waals surface area contributed by atoms with Crippen LogP contribution in [-0.2, 0) is 6.42 Å². The van der Waals surface area contributed by atoms with Crippen molar-refractivity contribution in [3.63, 3.8) is 0 Å². The molecular weight excluding hydrogens is 228 g/mol. The predicted octanol–water partition coefficient (Wildman–Crippen LogP) is 3.18. The number of nitrogens with two attached hydrogens (primary N) is 1. The highest BCUT2D eigenvalue weighted by Crippen LogP contribution is 2.19. The molecule has 0 bridgehead atoms. The van der Waals surface area contributed by atoms with Gasteiger partial charge in [0.05, 0.1) is 16.7 Å². The molecule has 0 radical (unpaired) electrons. The lowest BCUT2D eigenvalue weighted by Gasteiger charge is -2.16. The van der Waals surface area contributed by atoms with Crippen molar-refractivity contribution in [3.05, 3.63) is 60.2 Å².